The highest BCUT2D eigenvalue weighted by atomic mass is 16.4. The summed E-state index contributed by atoms with van der Waals surface area (Å²) in [5.41, 5.74) is 6.80. The highest BCUT2D eigenvalue weighted by molar-refractivity contribution is 5.93. The van der Waals surface area contributed by atoms with Gasteiger partial charge in [0.05, 0.1) is 19.0 Å². The van der Waals surface area contributed by atoms with Gasteiger partial charge in [-0.2, -0.15) is 0 Å². The second kappa shape index (κ2) is 12.9. The van der Waals surface area contributed by atoms with Crippen LogP contribution in [0.1, 0.15) is 24.8 Å². The average molecular weight is 505 g/mol. The number of nitrogens with one attached hydrogen (secondary N) is 4. The molecule has 0 radical (unpaired) electrons. The number of carboxylic acid groups (broad SMARTS) is 3. The summed E-state index contributed by atoms with van der Waals surface area (Å²) in [7, 11) is 0. The van der Waals surface area contributed by atoms with E-state index in [2.05, 4.69) is 20.9 Å². The third-order valence-corrected chi connectivity index (χ3v) is 5.17. The molecular formula is C22H27N5O9. The molecule has 194 valence electrons. The molecule has 0 aliphatic heterocycles. The molecule has 36 heavy (non-hydrogen) atoms. The number of amides is 3. The third-order valence-electron chi connectivity index (χ3n) is 5.17. The number of aromatic amines is 1. The van der Waals surface area contributed by atoms with Gasteiger partial charge in [0.1, 0.15) is 12.1 Å². The lowest BCUT2D eigenvalue weighted by atomic mass is 10.0. The zero-order chi connectivity index (χ0) is 26.8. The maximum atomic E-state index is 12.8. The molecule has 3 amide bonds. The van der Waals surface area contributed by atoms with Crippen LogP contribution in [0.4, 0.5) is 0 Å². The number of carbonyl (C=O) groups is 6. The number of nitrogens with two attached hydrogens (primary N) is 1. The first-order valence-corrected chi connectivity index (χ1v) is 10.8. The van der Waals surface area contributed by atoms with Gasteiger partial charge < -0.3 is 42.0 Å². The summed E-state index contributed by atoms with van der Waals surface area (Å²) in [6.07, 6.45) is 0.0215. The number of H-pyrrole nitrogens is 1. The molecule has 14 nitrogen and oxygen atoms in total. The minimum Gasteiger partial charge on any atom is -0.481 e. The minimum atomic E-state index is -1.41. The molecule has 14 heteroatoms. The predicted molar refractivity (Wildman–Crippen MR) is 124 cm³/mol. The van der Waals surface area contributed by atoms with E-state index in [9.17, 15) is 33.9 Å². The average Bonchev–Trinajstić information content (AvgIpc) is 3.21. The van der Waals surface area contributed by atoms with E-state index in [4.69, 9.17) is 15.9 Å². The Hall–Kier alpha value is -4.46. The summed E-state index contributed by atoms with van der Waals surface area (Å²) in [6.45, 7) is -0.666. The van der Waals surface area contributed by atoms with E-state index < -0.39 is 73.1 Å². The van der Waals surface area contributed by atoms with Crippen LogP contribution < -0.4 is 21.7 Å². The molecule has 0 aliphatic carbocycles. The smallest absolute Gasteiger partial charge is 0.326 e. The van der Waals surface area contributed by atoms with Crippen LogP contribution >= 0.6 is 0 Å². The van der Waals surface area contributed by atoms with Gasteiger partial charge in [-0.3, -0.25) is 24.0 Å². The van der Waals surface area contributed by atoms with Crippen LogP contribution in [0.15, 0.2) is 30.5 Å². The first-order chi connectivity index (χ1) is 17.0. The number of para-hydroxylation sites is 1. The third kappa shape index (κ3) is 8.39. The monoisotopic (exact) mass is 505 g/mol. The Balaban J connectivity index is 2.05. The van der Waals surface area contributed by atoms with E-state index in [1.54, 1.807) is 30.5 Å². The quantitative estimate of drug-likeness (QED) is 0.148. The van der Waals surface area contributed by atoms with Crippen molar-refractivity contribution >= 4 is 46.5 Å². The zero-order valence-corrected chi connectivity index (χ0v) is 19.0. The Labute approximate surface area is 204 Å². The number of fused-ring (bicyclic) bond motifs is 1. The highest BCUT2D eigenvalue weighted by Gasteiger charge is 2.28. The molecule has 3 atom stereocenters. The Kier molecular flexibility index (Phi) is 9.92. The van der Waals surface area contributed by atoms with Crippen LogP contribution in [0.25, 0.3) is 10.9 Å². The molecule has 3 unspecified atom stereocenters. The standard InChI is InChI=1S/C22H27N5O9/c23-13(8-19(31)32)20(33)25-10-17(28)26-15(5-6-18(29)30)21(34)27-16(22(35)36)7-11-9-24-14-4-2-1-3-12(11)14/h1-4,9,13,15-16,24H,5-8,10,23H2,(H,25,33)(H,26,28)(H,27,34)(H,29,30)(H,31,32)(H,35,36). The molecule has 1 heterocycles. The Morgan fingerprint density at radius 1 is 0.917 bits per heavy atom. The second-order valence-corrected chi connectivity index (χ2v) is 7.94. The molecule has 9 N–H and O–H groups in total. The Morgan fingerprint density at radius 3 is 2.25 bits per heavy atom. The lowest BCUT2D eigenvalue weighted by Gasteiger charge is -2.21. The number of aliphatic carboxylic acids is 3. The Bertz CT molecular complexity index is 1150. The number of carboxylic acids is 3. The van der Waals surface area contributed by atoms with Crippen molar-refractivity contribution in [3.05, 3.63) is 36.0 Å². The van der Waals surface area contributed by atoms with Gasteiger partial charge in [0.25, 0.3) is 0 Å². The number of carbonyl (C=O) groups excluding carboxylic acids is 3. The zero-order valence-electron chi connectivity index (χ0n) is 19.0. The van der Waals surface area contributed by atoms with Gasteiger partial charge in [0, 0.05) is 29.9 Å². The van der Waals surface area contributed by atoms with Gasteiger partial charge in [-0.05, 0) is 18.1 Å². The van der Waals surface area contributed by atoms with Crippen LogP contribution in [-0.4, -0.2) is 80.6 Å². The summed E-state index contributed by atoms with van der Waals surface area (Å²) in [5.74, 6) is -6.62. The number of aromatic nitrogens is 1. The maximum Gasteiger partial charge on any atom is 0.326 e. The summed E-state index contributed by atoms with van der Waals surface area (Å²) >= 11 is 0. The van der Waals surface area contributed by atoms with E-state index >= 15 is 0 Å². The van der Waals surface area contributed by atoms with Crippen molar-refractivity contribution in [1.82, 2.24) is 20.9 Å². The minimum absolute atomic E-state index is 0.0811. The lowest BCUT2D eigenvalue weighted by molar-refractivity contribution is -0.143. The molecule has 2 aromatic rings. The van der Waals surface area contributed by atoms with Crippen LogP contribution in [0.5, 0.6) is 0 Å². The normalized spacial score (nSPS) is 13.2. The second-order valence-electron chi connectivity index (χ2n) is 7.94. The van der Waals surface area contributed by atoms with E-state index in [0.29, 0.717) is 5.56 Å². The summed E-state index contributed by atoms with van der Waals surface area (Å²) in [4.78, 5) is 73.3. The first kappa shape index (κ1) is 27.8. The fourth-order valence-corrected chi connectivity index (χ4v) is 3.35. The van der Waals surface area contributed by atoms with Gasteiger partial charge in [0.2, 0.25) is 17.7 Å². The summed E-state index contributed by atoms with van der Waals surface area (Å²) < 4.78 is 0. The topological polar surface area (TPSA) is 241 Å². The van der Waals surface area contributed by atoms with Crippen LogP contribution in [0.2, 0.25) is 0 Å². The van der Waals surface area contributed by atoms with Gasteiger partial charge in [0.15, 0.2) is 0 Å². The van der Waals surface area contributed by atoms with Crippen LogP contribution in [0, 0.1) is 0 Å². The van der Waals surface area contributed by atoms with Crippen LogP contribution in [-0.2, 0) is 35.2 Å². The lowest BCUT2D eigenvalue weighted by Crippen LogP contribution is -2.54. The molecule has 0 saturated heterocycles. The van der Waals surface area contributed by atoms with Gasteiger partial charge in [-0.25, -0.2) is 4.79 Å². The van der Waals surface area contributed by atoms with E-state index in [1.807, 2.05) is 0 Å². The molecule has 2 rings (SSSR count). The fourth-order valence-electron chi connectivity index (χ4n) is 3.35. The summed E-state index contributed by atoms with van der Waals surface area (Å²) in [5, 5.41) is 34.7. The van der Waals surface area contributed by atoms with Crippen molar-refractivity contribution in [1.29, 1.82) is 0 Å². The van der Waals surface area contributed by atoms with Crippen molar-refractivity contribution in [2.45, 2.75) is 43.8 Å². The van der Waals surface area contributed by atoms with Crippen molar-refractivity contribution in [2.75, 3.05) is 6.54 Å². The molecule has 0 saturated carbocycles. The van der Waals surface area contributed by atoms with Crippen molar-refractivity contribution < 1.29 is 44.1 Å². The largest absolute Gasteiger partial charge is 0.481 e. The van der Waals surface area contributed by atoms with E-state index in [-0.39, 0.29) is 12.8 Å². The molecule has 1 aromatic heterocycles. The van der Waals surface area contributed by atoms with E-state index in [1.165, 1.54) is 0 Å². The van der Waals surface area contributed by atoms with E-state index in [0.717, 1.165) is 10.9 Å². The predicted octanol–water partition coefficient (Wildman–Crippen LogP) is -1.45. The van der Waals surface area contributed by atoms with Crippen molar-refractivity contribution in [3.63, 3.8) is 0 Å². The molecule has 0 bridgehead atoms. The number of hydrogen-bond donors (Lipinski definition) is 8. The maximum absolute atomic E-state index is 12.8. The number of hydrogen-bond acceptors (Lipinski definition) is 7. The molecule has 0 aliphatic rings. The molecule has 1 aromatic carbocycles. The summed E-state index contributed by atoms with van der Waals surface area (Å²) in [6, 6.07) is 2.97. The van der Waals surface area contributed by atoms with Gasteiger partial charge >= 0.3 is 17.9 Å². The van der Waals surface area contributed by atoms with Gasteiger partial charge in [-0.1, -0.05) is 18.2 Å². The number of benzene rings is 1. The fraction of sp³-hybridized carbons (Fsp3) is 0.364. The molecular weight excluding hydrogens is 478 g/mol. The molecule has 0 spiro atoms. The Morgan fingerprint density at radius 2 is 1.61 bits per heavy atom. The molecule has 0 fully saturated rings. The van der Waals surface area contributed by atoms with Crippen molar-refractivity contribution in [3.8, 4) is 0 Å². The van der Waals surface area contributed by atoms with Gasteiger partial charge in [-0.15, -0.1) is 0 Å². The first-order valence-electron chi connectivity index (χ1n) is 10.8. The SMILES string of the molecule is NC(CC(=O)O)C(=O)NCC(=O)NC(CCC(=O)O)C(=O)NC(Cc1c[nH]c2ccccc12)C(=O)O. The highest BCUT2D eigenvalue weighted by Crippen LogP contribution is 2.19. The van der Waals surface area contributed by atoms with Crippen LogP contribution in [0.3, 0.4) is 0 Å². The van der Waals surface area contributed by atoms with Crippen molar-refractivity contribution in [2.24, 2.45) is 5.73 Å². The number of rotatable bonds is 14.